The summed E-state index contributed by atoms with van der Waals surface area (Å²) < 4.78 is 20.7. The van der Waals surface area contributed by atoms with Gasteiger partial charge in [0.15, 0.2) is 0 Å². The van der Waals surface area contributed by atoms with Crippen molar-refractivity contribution in [1.82, 2.24) is 0 Å². The molecule has 2 nitrogen and oxygen atoms in total. The molecule has 0 aromatic rings. The third-order valence-corrected chi connectivity index (χ3v) is 0.865. The summed E-state index contributed by atoms with van der Waals surface area (Å²) in [5, 5.41) is 0. The van der Waals surface area contributed by atoms with Gasteiger partial charge in [-0.2, -0.15) is 6.61 Å². The van der Waals surface area contributed by atoms with E-state index in [-0.39, 0.29) is 71.5 Å². The zero-order valence-electron chi connectivity index (χ0n) is 5.63. The van der Waals surface area contributed by atoms with E-state index in [0.717, 1.165) is 13.2 Å². The molecule has 0 aromatic heterocycles. The maximum Gasteiger partial charge on any atom is 0.101 e. The van der Waals surface area contributed by atoms with Crippen LogP contribution >= 0.6 is 0 Å². The van der Waals surface area contributed by atoms with Crippen LogP contribution in [-0.4, -0.2) is 26.0 Å². The zero-order valence-corrected chi connectivity index (χ0v) is 11.3. The summed E-state index contributed by atoms with van der Waals surface area (Å²) in [5.41, 5.74) is 0. The predicted octanol–water partition coefficient (Wildman–Crippen LogP) is 0.528. The fraction of sp³-hybridized carbons (Fsp3) is 0.800. The Kier molecular flexibility index (Phi) is 13.3. The number of hydrogen-bond acceptors (Lipinski definition) is 2. The molecule has 1 unspecified atom stereocenters. The fourth-order valence-corrected chi connectivity index (χ4v) is 0.384. The Balaban J connectivity index is 0. The van der Waals surface area contributed by atoms with Gasteiger partial charge in [-0.1, -0.05) is 0 Å². The van der Waals surface area contributed by atoms with Crippen molar-refractivity contribution >= 4 is 0 Å². The molecule has 2 radical (unpaired) electrons. The van der Waals surface area contributed by atoms with Gasteiger partial charge in [0.1, 0.15) is 6.10 Å². The van der Waals surface area contributed by atoms with Crippen LogP contribution in [0.4, 0.5) is 4.39 Å². The van der Waals surface area contributed by atoms with Gasteiger partial charge in [-0.05, 0) is 6.67 Å². The van der Waals surface area contributed by atoms with Crippen LogP contribution < -0.4 is 0 Å². The maximum absolute atomic E-state index is 11.2. The van der Waals surface area contributed by atoms with E-state index in [9.17, 15) is 4.39 Å². The van der Waals surface area contributed by atoms with Crippen molar-refractivity contribution in [2.45, 2.75) is 6.10 Å². The zero-order chi connectivity index (χ0) is 5.82. The summed E-state index contributed by atoms with van der Waals surface area (Å²) in [6, 6.07) is 0. The molecule has 0 spiro atoms. The molecule has 1 saturated heterocycles. The Morgan fingerprint density at radius 3 is 2.60 bits per heavy atom. The van der Waals surface area contributed by atoms with Crippen LogP contribution in [-0.2, 0) is 74.9 Å². The number of alkyl halides is 1. The average Bonchev–Trinajstić information content (AvgIpc) is 2.51. The van der Waals surface area contributed by atoms with Crippen LogP contribution in [0.5, 0.6) is 0 Å². The molecular formula is C5H8FO2Y2-. The van der Waals surface area contributed by atoms with E-state index in [0.29, 0.717) is 6.61 Å². The van der Waals surface area contributed by atoms with Crippen molar-refractivity contribution in [3.05, 3.63) is 6.61 Å². The van der Waals surface area contributed by atoms with Gasteiger partial charge in [0.25, 0.3) is 0 Å². The van der Waals surface area contributed by atoms with Crippen molar-refractivity contribution in [2.24, 2.45) is 0 Å². The minimum atomic E-state index is -0.521. The van der Waals surface area contributed by atoms with Crippen LogP contribution in [0.15, 0.2) is 0 Å². The second-order valence-corrected chi connectivity index (χ2v) is 1.61. The first kappa shape index (κ1) is 14.6. The van der Waals surface area contributed by atoms with E-state index in [1.807, 2.05) is 0 Å². The largest absolute Gasteiger partial charge is 0.548 e. The van der Waals surface area contributed by atoms with Crippen molar-refractivity contribution < 1.29 is 79.3 Å². The van der Waals surface area contributed by atoms with Gasteiger partial charge in [-0.25, -0.2) is 0 Å². The third-order valence-electron chi connectivity index (χ3n) is 0.865. The summed E-state index contributed by atoms with van der Waals surface area (Å²) in [5.74, 6) is 0. The van der Waals surface area contributed by atoms with Gasteiger partial charge in [0.05, 0.1) is 6.61 Å². The Hall–Kier alpha value is 2.06. The first-order valence-corrected chi connectivity index (χ1v) is 2.54. The number of epoxide rings is 1. The van der Waals surface area contributed by atoms with Crippen LogP contribution in [0.2, 0.25) is 0 Å². The van der Waals surface area contributed by atoms with Crippen LogP contribution in [0.3, 0.4) is 0 Å². The molecular weight excluding hydrogens is 289 g/mol. The van der Waals surface area contributed by atoms with Crippen molar-refractivity contribution in [1.29, 1.82) is 0 Å². The first-order valence-electron chi connectivity index (χ1n) is 2.54. The maximum atomic E-state index is 11.2. The van der Waals surface area contributed by atoms with E-state index < -0.39 is 6.67 Å². The standard InChI is InChI=1S/C5H8FO2.2Y/c6-1-2-7-3-5-4-8-5;;/h2,5H,1,3-4H2;;/q-1;;. The molecule has 0 aromatic carbocycles. The predicted molar refractivity (Wildman–Crippen MR) is 26.0 cm³/mol. The molecule has 1 heterocycles. The molecule has 0 bridgehead atoms. The first-order chi connectivity index (χ1) is 3.93. The monoisotopic (exact) mass is 297 g/mol. The molecule has 5 heteroatoms. The SMILES string of the molecule is FC[CH-]OCC1CO1.[Y].[Y]. The summed E-state index contributed by atoms with van der Waals surface area (Å²) in [6.45, 7) is 1.89. The van der Waals surface area contributed by atoms with Crippen molar-refractivity contribution in [3.8, 4) is 0 Å². The Labute approximate surface area is 110 Å². The molecule has 54 valence electrons. The molecule has 1 fully saturated rings. The van der Waals surface area contributed by atoms with E-state index in [4.69, 9.17) is 4.74 Å². The molecule has 0 amide bonds. The summed E-state index contributed by atoms with van der Waals surface area (Å²) in [4.78, 5) is 0. The summed E-state index contributed by atoms with van der Waals surface area (Å²) in [6.07, 6.45) is 0.234. The molecule has 1 aliphatic heterocycles. The van der Waals surface area contributed by atoms with Crippen LogP contribution in [0.25, 0.3) is 0 Å². The second-order valence-electron chi connectivity index (χ2n) is 1.61. The topological polar surface area (TPSA) is 21.8 Å². The Bertz CT molecular complexity index is 70.7. The molecule has 10 heavy (non-hydrogen) atoms. The van der Waals surface area contributed by atoms with Gasteiger partial charge in [-0.15, -0.1) is 0 Å². The number of halogens is 1. The minimum Gasteiger partial charge on any atom is -0.548 e. The average molecular weight is 297 g/mol. The molecule has 1 rings (SSSR count). The van der Waals surface area contributed by atoms with E-state index in [2.05, 4.69) is 4.74 Å². The molecule has 0 N–H and O–H groups in total. The normalized spacial score (nSPS) is 20.7. The second kappa shape index (κ2) is 9.15. The van der Waals surface area contributed by atoms with Crippen molar-refractivity contribution in [3.63, 3.8) is 0 Å². The summed E-state index contributed by atoms with van der Waals surface area (Å²) >= 11 is 0. The van der Waals surface area contributed by atoms with E-state index >= 15 is 0 Å². The summed E-state index contributed by atoms with van der Waals surface area (Å²) in [7, 11) is 0. The Morgan fingerprint density at radius 2 is 2.20 bits per heavy atom. The number of hydrogen-bond donors (Lipinski definition) is 0. The van der Waals surface area contributed by atoms with Gasteiger partial charge in [0, 0.05) is 72.0 Å². The smallest absolute Gasteiger partial charge is 0.101 e. The molecule has 1 atom stereocenters. The molecule has 1 aliphatic rings. The molecule has 0 saturated carbocycles. The van der Waals surface area contributed by atoms with Crippen molar-refractivity contribution in [2.75, 3.05) is 19.9 Å². The van der Waals surface area contributed by atoms with Gasteiger partial charge in [0.2, 0.25) is 0 Å². The molecule has 0 aliphatic carbocycles. The Morgan fingerprint density at radius 1 is 1.60 bits per heavy atom. The number of rotatable bonds is 4. The van der Waals surface area contributed by atoms with Crippen LogP contribution in [0, 0.1) is 6.61 Å². The van der Waals surface area contributed by atoms with E-state index in [1.54, 1.807) is 0 Å². The quantitative estimate of drug-likeness (QED) is 0.429. The van der Waals surface area contributed by atoms with Gasteiger partial charge >= 0.3 is 0 Å². The third kappa shape index (κ3) is 8.16. The van der Waals surface area contributed by atoms with Crippen LogP contribution in [0.1, 0.15) is 0 Å². The minimum absolute atomic E-state index is 0. The number of ether oxygens (including phenoxy) is 2. The van der Waals surface area contributed by atoms with Gasteiger partial charge in [-0.3, -0.25) is 4.39 Å². The van der Waals surface area contributed by atoms with E-state index in [1.165, 1.54) is 0 Å². The van der Waals surface area contributed by atoms with Gasteiger partial charge < -0.3 is 9.47 Å². The fourth-order valence-electron chi connectivity index (χ4n) is 0.384.